The molecule has 0 heterocycles. The van der Waals surface area contributed by atoms with Gasteiger partial charge in [0, 0.05) is 7.11 Å². The highest BCUT2D eigenvalue weighted by atomic mass is 32.3. The second-order valence-electron chi connectivity index (χ2n) is 4.43. The Labute approximate surface area is 124 Å². The number of unbranched alkanes of at least 4 members (excludes halogenated alkanes) is 9. The summed E-state index contributed by atoms with van der Waals surface area (Å²) in [6.45, 7) is 2.31. The molecule has 5 N–H and O–H groups in total. The molecule has 6 nitrogen and oxygen atoms in total. The van der Waals surface area contributed by atoms with E-state index in [9.17, 15) is 8.42 Å². The van der Waals surface area contributed by atoms with Crippen LogP contribution < -0.4 is 6.15 Å². The zero-order valence-electron chi connectivity index (χ0n) is 13.0. The third kappa shape index (κ3) is 26.4. The molecule has 0 radical (unpaired) electrons. The van der Waals surface area contributed by atoms with E-state index >= 15 is 0 Å². The molecule has 0 aromatic carbocycles. The lowest BCUT2D eigenvalue weighted by Gasteiger charge is -2.02. The standard InChI is InChI=1S/C12H26O4S.CH4O.H3N/c1-2-3-4-5-6-7-8-9-10-11-12-16-17(13,14)15;1-2;/h2-12H2,1H3,(H,13,14,15);2H,1H3;1H3. The number of hydrogen-bond acceptors (Lipinski definition) is 5. The van der Waals surface area contributed by atoms with Crippen LogP contribution >= 0.6 is 0 Å². The molecule has 0 saturated heterocycles. The Kier molecular flexibility index (Phi) is 23.3. The largest absolute Gasteiger partial charge is 0.400 e. The summed E-state index contributed by atoms with van der Waals surface area (Å²) in [4.78, 5) is 0. The van der Waals surface area contributed by atoms with Crippen LogP contribution in [0.1, 0.15) is 71.1 Å². The molecule has 0 aliphatic carbocycles. The zero-order chi connectivity index (χ0) is 15.0. The van der Waals surface area contributed by atoms with Crippen molar-refractivity contribution >= 4 is 10.4 Å². The number of aliphatic hydroxyl groups is 1. The number of hydrogen-bond donors (Lipinski definition) is 3. The molecule has 0 unspecified atom stereocenters. The molecule has 20 heavy (non-hydrogen) atoms. The first kappa shape index (κ1) is 24.8. The van der Waals surface area contributed by atoms with Crippen LogP contribution in [-0.4, -0.2) is 31.8 Å². The van der Waals surface area contributed by atoms with Gasteiger partial charge in [0.1, 0.15) is 0 Å². The second kappa shape index (κ2) is 18.8. The van der Waals surface area contributed by atoms with Gasteiger partial charge in [-0.15, -0.1) is 0 Å². The molecular formula is C13H33NO5S. The van der Waals surface area contributed by atoms with Crippen molar-refractivity contribution in [3.8, 4) is 0 Å². The molecule has 0 aliphatic rings. The maximum atomic E-state index is 10.2. The summed E-state index contributed by atoms with van der Waals surface area (Å²) in [5.74, 6) is 0. The van der Waals surface area contributed by atoms with Crippen molar-refractivity contribution in [2.75, 3.05) is 13.7 Å². The van der Waals surface area contributed by atoms with E-state index in [4.69, 9.17) is 9.66 Å². The smallest absolute Gasteiger partial charge is 0.397 e. The Hall–Kier alpha value is -0.210. The molecule has 7 heteroatoms. The molecular weight excluding hydrogens is 282 g/mol. The van der Waals surface area contributed by atoms with E-state index in [0.29, 0.717) is 6.42 Å². The Bertz CT molecular complexity index is 257. The zero-order valence-corrected chi connectivity index (χ0v) is 13.8. The summed E-state index contributed by atoms with van der Waals surface area (Å²) in [6.07, 6.45) is 11.9. The van der Waals surface area contributed by atoms with E-state index in [1.54, 1.807) is 0 Å². The highest BCUT2D eigenvalue weighted by Gasteiger charge is 2.02. The molecule has 0 aromatic heterocycles. The SMILES string of the molecule is CCCCCCCCCCCCOS(=O)(=O)O.CO.N. The van der Waals surface area contributed by atoms with Gasteiger partial charge in [0.25, 0.3) is 0 Å². The minimum absolute atomic E-state index is 0. The van der Waals surface area contributed by atoms with Crippen LogP contribution in [0.4, 0.5) is 0 Å². The van der Waals surface area contributed by atoms with Crippen LogP contribution in [0.3, 0.4) is 0 Å². The lowest BCUT2D eigenvalue weighted by molar-refractivity contribution is 0.261. The van der Waals surface area contributed by atoms with Gasteiger partial charge in [-0.25, -0.2) is 4.18 Å². The fourth-order valence-electron chi connectivity index (χ4n) is 1.75. The van der Waals surface area contributed by atoms with Gasteiger partial charge in [0.05, 0.1) is 6.61 Å². The van der Waals surface area contributed by atoms with E-state index in [0.717, 1.165) is 20.0 Å². The molecule has 0 spiro atoms. The Morgan fingerprint density at radius 2 is 1.15 bits per heavy atom. The summed E-state index contributed by atoms with van der Waals surface area (Å²) < 4.78 is 33.0. The average Bonchev–Trinajstić information content (AvgIpc) is 2.37. The minimum Gasteiger partial charge on any atom is -0.400 e. The van der Waals surface area contributed by atoms with Crippen LogP contribution in [0.2, 0.25) is 0 Å². The van der Waals surface area contributed by atoms with Crippen molar-refractivity contribution in [3.63, 3.8) is 0 Å². The first-order valence-corrected chi connectivity index (χ1v) is 8.49. The van der Waals surface area contributed by atoms with Crippen molar-refractivity contribution in [2.45, 2.75) is 71.1 Å². The highest BCUT2D eigenvalue weighted by molar-refractivity contribution is 7.80. The lowest BCUT2D eigenvalue weighted by Crippen LogP contribution is -2.04. The van der Waals surface area contributed by atoms with Crippen LogP contribution in [0.15, 0.2) is 0 Å². The van der Waals surface area contributed by atoms with Crippen molar-refractivity contribution in [1.82, 2.24) is 6.15 Å². The highest BCUT2D eigenvalue weighted by Crippen LogP contribution is 2.10. The Morgan fingerprint density at radius 1 is 0.800 bits per heavy atom. The molecule has 0 aromatic rings. The third-order valence-corrected chi connectivity index (χ3v) is 3.19. The molecule has 0 bridgehead atoms. The van der Waals surface area contributed by atoms with E-state index in [-0.39, 0.29) is 12.8 Å². The van der Waals surface area contributed by atoms with Crippen molar-refractivity contribution in [2.24, 2.45) is 0 Å². The van der Waals surface area contributed by atoms with Gasteiger partial charge in [-0.3, -0.25) is 4.55 Å². The van der Waals surface area contributed by atoms with Gasteiger partial charge in [-0.05, 0) is 6.42 Å². The monoisotopic (exact) mass is 315 g/mol. The van der Waals surface area contributed by atoms with Crippen LogP contribution in [-0.2, 0) is 14.6 Å². The van der Waals surface area contributed by atoms with Gasteiger partial charge < -0.3 is 11.3 Å². The Balaban J connectivity index is -0.000000916. The average molecular weight is 315 g/mol. The van der Waals surface area contributed by atoms with Crippen LogP contribution in [0.5, 0.6) is 0 Å². The summed E-state index contributed by atoms with van der Waals surface area (Å²) in [6, 6.07) is 0. The first-order valence-electron chi connectivity index (χ1n) is 7.13. The molecule has 0 aliphatic heterocycles. The summed E-state index contributed by atoms with van der Waals surface area (Å²) in [5.41, 5.74) is 0. The fraction of sp³-hybridized carbons (Fsp3) is 1.00. The summed E-state index contributed by atoms with van der Waals surface area (Å²) in [7, 11) is -3.23. The van der Waals surface area contributed by atoms with Crippen LogP contribution in [0.25, 0.3) is 0 Å². The quantitative estimate of drug-likeness (QED) is 0.374. The maximum Gasteiger partial charge on any atom is 0.397 e. The van der Waals surface area contributed by atoms with Gasteiger partial charge in [0.15, 0.2) is 0 Å². The van der Waals surface area contributed by atoms with E-state index in [1.165, 1.54) is 44.9 Å². The summed E-state index contributed by atoms with van der Waals surface area (Å²) >= 11 is 0. The number of aliphatic hydroxyl groups excluding tert-OH is 1. The van der Waals surface area contributed by atoms with Crippen molar-refractivity contribution < 1.29 is 22.3 Å². The van der Waals surface area contributed by atoms with E-state index in [2.05, 4.69) is 11.1 Å². The molecule has 0 saturated carbocycles. The van der Waals surface area contributed by atoms with Gasteiger partial charge in [-0.1, -0.05) is 64.7 Å². The molecule has 126 valence electrons. The Morgan fingerprint density at radius 3 is 1.50 bits per heavy atom. The minimum atomic E-state index is -4.23. The van der Waals surface area contributed by atoms with E-state index < -0.39 is 10.4 Å². The molecule has 0 rings (SSSR count). The van der Waals surface area contributed by atoms with Crippen molar-refractivity contribution in [1.29, 1.82) is 0 Å². The molecule has 0 amide bonds. The first-order chi connectivity index (χ1) is 9.06. The summed E-state index contributed by atoms with van der Waals surface area (Å²) in [5, 5.41) is 7.00. The maximum absolute atomic E-state index is 10.2. The third-order valence-electron chi connectivity index (χ3n) is 2.73. The van der Waals surface area contributed by atoms with Gasteiger partial charge >= 0.3 is 10.4 Å². The second-order valence-corrected chi connectivity index (χ2v) is 5.52. The normalized spacial score (nSPS) is 10.4. The number of rotatable bonds is 12. The molecule has 0 atom stereocenters. The van der Waals surface area contributed by atoms with Crippen molar-refractivity contribution in [3.05, 3.63) is 0 Å². The van der Waals surface area contributed by atoms with Crippen LogP contribution in [0, 0.1) is 0 Å². The molecule has 0 fully saturated rings. The fourth-order valence-corrected chi connectivity index (χ4v) is 2.08. The predicted octanol–water partition coefficient (Wildman–Crippen LogP) is 3.50. The van der Waals surface area contributed by atoms with Gasteiger partial charge in [-0.2, -0.15) is 8.42 Å². The topological polar surface area (TPSA) is 119 Å². The predicted molar refractivity (Wildman–Crippen MR) is 82.5 cm³/mol. The lowest BCUT2D eigenvalue weighted by atomic mass is 10.1. The van der Waals surface area contributed by atoms with Gasteiger partial charge in [0.2, 0.25) is 0 Å². The van der Waals surface area contributed by atoms with E-state index in [1.807, 2.05) is 0 Å².